The van der Waals surface area contributed by atoms with Crippen molar-refractivity contribution in [3.8, 4) is 0 Å². The topological polar surface area (TPSA) is 44.4 Å². The lowest BCUT2D eigenvalue weighted by Crippen LogP contribution is -2.44. The van der Waals surface area contributed by atoms with E-state index in [1.165, 1.54) is 31.5 Å². The van der Waals surface area contributed by atoms with Crippen molar-refractivity contribution in [2.24, 2.45) is 0 Å². The van der Waals surface area contributed by atoms with E-state index in [9.17, 15) is 4.79 Å². The molecule has 1 rings (SSSR count). The molecule has 1 amide bonds. The van der Waals surface area contributed by atoms with Crippen molar-refractivity contribution in [3.63, 3.8) is 0 Å². The van der Waals surface area contributed by atoms with E-state index in [4.69, 9.17) is 0 Å². The number of allylic oxidation sites excluding steroid dienone is 1. The summed E-state index contributed by atoms with van der Waals surface area (Å²) in [5.74, 6) is 0.0494. The Balaban J connectivity index is 2.08. The van der Waals surface area contributed by atoms with Gasteiger partial charge in [-0.2, -0.15) is 0 Å². The van der Waals surface area contributed by atoms with Gasteiger partial charge in [-0.25, -0.2) is 0 Å². The highest BCUT2D eigenvalue weighted by Gasteiger charge is 2.17. The van der Waals surface area contributed by atoms with Gasteiger partial charge in [0.15, 0.2) is 0 Å². The van der Waals surface area contributed by atoms with E-state index in [1.54, 1.807) is 6.92 Å². The van der Waals surface area contributed by atoms with Gasteiger partial charge in [-0.1, -0.05) is 11.6 Å². The van der Waals surface area contributed by atoms with Gasteiger partial charge in [0.25, 0.3) is 0 Å². The molecule has 1 saturated heterocycles. The second kappa shape index (κ2) is 8.27. The first-order valence-corrected chi connectivity index (χ1v) is 6.91. The third-order valence-corrected chi connectivity index (χ3v) is 3.28. The van der Waals surface area contributed by atoms with Crippen molar-refractivity contribution in [1.82, 2.24) is 15.5 Å². The van der Waals surface area contributed by atoms with Gasteiger partial charge in [-0.05, 0) is 39.8 Å². The van der Waals surface area contributed by atoms with Crippen LogP contribution in [0.3, 0.4) is 0 Å². The number of likely N-dealkylation sites (tertiary alicyclic amines) is 1. The zero-order valence-electron chi connectivity index (χ0n) is 12.0. The molecular formula is C14H27N3O. The number of nitrogens with zero attached hydrogens (tertiary/aromatic N) is 1. The number of carbonyl (C=O) groups is 1. The Kier molecular flexibility index (Phi) is 6.98. The molecule has 1 aliphatic rings. The number of piperidine rings is 1. The van der Waals surface area contributed by atoms with E-state index in [0.29, 0.717) is 6.04 Å². The summed E-state index contributed by atoms with van der Waals surface area (Å²) in [6, 6.07) is 0.613. The molecular weight excluding hydrogens is 226 g/mol. The van der Waals surface area contributed by atoms with Crippen LogP contribution < -0.4 is 10.6 Å². The molecule has 0 aliphatic carbocycles. The van der Waals surface area contributed by atoms with Crippen LogP contribution in [0.4, 0.5) is 0 Å². The number of nitrogens with one attached hydrogen (secondary N) is 2. The Morgan fingerprint density at radius 1 is 1.22 bits per heavy atom. The van der Waals surface area contributed by atoms with Gasteiger partial charge in [0.05, 0.1) is 0 Å². The highest BCUT2D eigenvalue weighted by molar-refractivity contribution is 5.72. The van der Waals surface area contributed by atoms with Gasteiger partial charge in [0.1, 0.15) is 0 Å². The lowest BCUT2D eigenvalue weighted by molar-refractivity contribution is -0.118. The van der Waals surface area contributed by atoms with E-state index in [2.05, 4.69) is 35.5 Å². The van der Waals surface area contributed by atoms with Crippen molar-refractivity contribution in [3.05, 3.63) is 11.6 Å². The summed E-state index contributed by atoms with van der Waals surface area (Å²) in [6.45, 7) is 10.9. The van der Waals surface area contributed by atoms with Crippen LogP contribution in [0.2, 0.25) is 0 Å². The molecule has 0 radical (unpaired) electrons. The van der Waals surface area contributed by atoms with Crippen molar-refractivity contribution in [2.45, 2.75) is 39.7 Å². The molecule has 1 heterocycles. The van der Waals surface area contributed by atoms with Crippen LogP contribution in [0, 0.1) is 0 Å². The molecule has 4 nitrogen and oxygen atoms in total. The van der Waals surface area contributed by atoms with Gasteiger partial charge in [-0.15, -0.1) is 0 Å². The molecule has 0 aromatic rings. The van der Waals surface area contributed by atoms with Crippen LogP contribution in [0.5, 0.6) is 0 Å². The third kappa shape index (κ3) is 6.77. The zero-order chi connectivity index (χ0) is 13.4. The summed E-state index contributed by atoms with van der Waals surface area (Å²) in [6.07, 6.45) is 4.71. The molecule has 0 atom stereocenters. The van der Waals surface area contributed by atoms with Crippen molar-refractivity contribution in [2.75, 3.05) is 32.7 Å². The maximum absolute atomic E-state index is 10.7. The normalized spacial score (nSPS) is 17.5. The molecule has 1 fully saturated rings. The Hall–Kier alpha value is -0.870. The molecule has 0 bridgehead atoms. The molecule has 0 aromatic carbocycles. The number of rotatable bonds is 6. The maximum Gasteiger partial charge on any atom is 0.216 e. The molecule has 4 heteroatoms. The minimum Gasteiger partial charge on any atom is -0.355 e. The highest BCUT2D eigenvalue weighted by Crippen LogP contribution is 2.10. The largest absolute Gasteiger partial charge is 0.355 e. The van der Waals surface area contributed by atoms with Gasteiger partial charge in [-0.3, -0.25) is 9.69 Å². The Labute approximate surface area is 111 Å². The monoisotopic (exact) mass is 253 g/mol. The van der Waals surface area contributed by atoms with E-state index in [1.807, 2.05) is 0 Å². The Morgan fingerprint density at radius 3 is 2.44 bits per heavy atom. The second-order valence-corrected chi connectivity index (χ2v) is 5.29. The van der Waals surface area contributed by atoms with E-state index in [0.717, 1.165) is 19.6 Å². The summed E-state index contributed by atoms with van der Waals surface area (Å²) in [5.41, 5.74) is 1.39. The zero-order valence-corrected chi connectivity index (χ0v) is 12.0. The molecule has 0 spiro atoms. The minimum absolute atomic E-state index is 0.0494. The summed E-state index contributed by atoms with van der Waals surface area (Å²) in [4.78, 5) is 13.2. The van der Waals surface area contributed by atoms with Crippen molar-refractivity contribution >= 4 is 5.91 Å². The number of hydrogen-bond donors (Lipinski definition) is 2. The predicted octanol–water partition coefficient (Wildman–Crippen LogP) is 1.14. The lowest BCUT2D eigenvalue weighted by Gasteiger charge is -2.31. The average molecular weight is 253 g/mol. The first-order valence-electron chi connectivity index (χ1n) is 6.91. The fourth-order valence-electron chi connectivity index (χ4n) is 2.15. The SMILES string of the molecule is CC(=O)NCCNC1CCN(CC=C(C)C)CC1. The first-order chi connectivity index (χ1) is 8.58. The Bertz CT molecular complexity index is 277. The van der Waals surface area contributed by atoms with E-state index >= 15 is 0 Å². The van der Waals surface area contributed by atoms with Gasteiger partial charge in [0.2, 0.25) is 5.91 Å². The summed E-state index contributed by atoms with van der Waals surface area (Å²) in [5, 5.41) is 6.31. The van der Waals surface area contributed by atoms with Crippen LogP contribution in [0.1, 0.15) is 33.6 Å². The van der Waals surface area contributed by atoms with Crippen LogP contribution in [-0.4, -0.2) is 49.6 Å². The number of hydrogen-bond acceptors (Lipinski definition) is 3. The maximum atomic E-state index is 10.7. The molecule has 1 aliphatic heterocycles. The van der Waals surface area contributed by atoms with Crippen LogP contribution >= 0.6 is 0 Å². The Morgan fingerprint density at radius 2 is 1.89 bits per heavy atom. The quantitative estimate of drug-likeness (QED) is 0.551. The fraction of sp³-hybridized carbons (Fsp3) is 0.786. The number of amides is 1. The fourth-order valence-corrected chi connectivity index (χ4v) is 2.15. The molecule has 18 heavy (non-hydrogen) atoms. The van der Waals surface area contributed by atoms with Gasteiger partial charge in [0, 0.05) is 32.6 Å². The third-order valence-electron chi connectivity index (χ3n) is 3.28. The minimum atomic E-state index is 0.0494. The molecule has 104 valence electrons. The summed E-state index contributed by atoms with van der Waals surface area (Å²) in [7, 11) is 0. The van der Waals surface area contributed by atoms with E-state index in [-0.39, 0.29) is 5.91 Å². The van der Waals surface area contributed by atoms with Gasteiger partial charge < -0.3 is 10.6 Å². The van der Waals surface area contributed by atoms with Crippen molar-refractivity contribution < 1.29 is 4.79 Å². The standard InChI is InChI=1S/C14H27N3O/c1-12(2)4-9-17-10-5-14(6-11-17)16-8-7-15-13(3)18/h4,14,16H,5-11H2,1-3H3,(H,15,18). The lowest BCUT2D eigenvalue weighted by atomic mass is 10.0. The molecule has 0 unspecified atom stereocenters. The highest BCUT2D eigenvalue weighted by atomic mass is 16.1. The molecule has 2 N–H and O–H groups in total. The average Bonchev–Trinajstić information content (AvgIpc) is 2.33. The number of carbonyl (C=O) groups excluding carboxylic acids is 1. The molecule has 0 saturated carbocycles. The van der Waals surface area contributed by atoms with Crippen LogP contribution in [0.25, 0.3) is 0 Å². The first kappa shape index (κ1) is 15.2. The van der Waals surface area contributed by atoms with Crippen molar-refractivity contribution in [1.29, 1.82) is 0 Å². The summed E-state index contributed by atoms with van der Waals surface area (Å²) < 4.78 is 0. The van der Waals surface area contributed by atoms with Crippen LogP contribution in [0.15, 0.2) is 11.6 Å². The van der Waals surface area contributed by atoms with Gasteiger partial charge >= 0.3 is 0 Å². The van der Waals surface area contributed by atoms with Crippen LogP contribution in [-0.2, 0) is 4.79 Å². The smallest absolute Gasteiger partial charge is 0.216 e. The van der Waals surface area contributed by atoms with E-state index < -0.39 is 0 Å². The summed E-state index contributed by atoms with van der Waals surface area (Å²) >= 11 is 0. The molecule has 0 aromatic heterocycles. The second-order valence-electron chi connectivity index (χ2n) is 5.29. The predicted molar refractivity (Wildman–Crippen MR) is 75.6 cm³/mol.